The smallest absolute Gasteiger partial charge is 0.317 e. The van der Waals surface area contributed by atoms with Crippen LogP contribution in [0.5, 0.6) is 5.75 Å². The number of aliphatic hydroxyl groups is 1. The van der Waals surface area contributed by atoms with E-state index in [0.29, 0.717) is 55.5 Å². The lowest BCUT2D eigenvalue weighted by molar-refractivity contribution is 0.0875. The number of halogens is 1. The number of urea groups is 1. The molecule has 1 aliphatic heterocycles. The zero-order chi connectivity index (χ0) is 26.3. The number of amides is 2. The van der Waals surface area contributed by atoms with Crippen molar-refractivity contribution < 1.29 is 19.4 Å². The molecule has 0 unspecified atom stereocenters. The lowest BCUT2D eigenvalue weighted by atomic mass is 10.1. The third-order valence-electron chi connectivity index (χ3n) is 7.16. The van der Waals surface area contributed by atoms with Crippen LogP contribution in [0.4, 0.5) is 16.3 Å². The number of rotatable bonds is 10. The lowest BCUT2D eigenvalue weighted by Crippen LogP contribution is -2.48. The molecule has 0 spiro atoms. The van der Waals surface area contributed by atoms with Crippen LogP contribution in [0.25, 0.3) is 11.0 Å². The summed E-state index contributed by atoms with van der Waals surface area (Å²) in [5.74, 6) is 1.29. The number of aliphatic hydroxyl groups excluding tert-OH is 1. The van der Waals surface area contributed by atoms with Crippen LogP contribution >= 0.6 is 11.6 Å². The van der Waals surface area contributed by atoms with Crippen molar-refractivity contribution >= 4 is 40.2 Å². The van der Waals surface area contributed by atoms with Crippen molar-refractivity contribution in [2.75, 3.05) is 38.2 Å². The van der Waals surface area contributed by atoms with Crippen LogP contribution in [0.1, 0.15) is 38.5 Å². The third-order valence-corrected chi connectivity index (χ3v) is 7.46. The van der Waals surface area contributed by atoms with Crippen LogP contribution in [0.2, 0.25) is 5.02 Å². The van der Waals surface area contributed by atoms with Gasteiger partial charge in [-0.05, 0) is 37.1 Å². The van der Waals surface area contributed by atoms with Gasteiger partial charge in [0.05, 0.1) is 30.4 Å². The second kappa shape index (κ2) is 12.6. The third kappa shape index (κ3) is 6.48. The van der Waals surface area contributed by atoms with Gasteiger partial charge in [0.1, 0.15) is 23.7 Å². The molecule has 3 aromatic rings. The minimum Gasteiger partial charge on any atom is -0.489 e. The fourth-order valence-corrected chi connectivity index (χ4v) is 5.37. The Balaban J connectivity index is 1.17. The lowest BCUT2D eigenvalue weighted by Gasteiger charge is -2.33. The average Bonchev–Trinajstić information content (AvgIpc) is 3.59. The molecule has 2 aliphatic rings. The molecular formula is C27H35ClN6O4. The van der Waals surface area contributed by atoms with Gasteiger partial charge in [0, 0.05) is 50.4 Å². The van der Waals surface area contributed by atoms with Crippen LogP contribution in [-0.2, 0) is 11.3 Å². The predicted octanol–water partition coefficient (Wildman–Crippen LogP) is 4.33. The number of hydrogen-bond donors (Lipinski definition) is 3. The summed E-state index contributed by atoms with van der Waals surface area (Å²) in [6.07, 6.45) is 9.60. The normalized spacial score (nSPS) is 16.7. The van der Waals surface area contributed by atoms with Gasteiger partial charge in [0.15, 0.2) is 5.82 Å². The average molecular weight is 543 g/mol. The molecule has 3 N–H and O–H groups in total. The first kappa shape index (κ1) is 26.5. The van der Waals surface area contributed by atoms with Crippen molar-refractivity contribution in [3.8, 4) is 5.75 Å². The van der Waals surface area contributed by atoms with Crippen molar-refractivity contribution in [2.45, 2.75) is 57.2 Å². The van der Waals surface area contributed by atoms with E-state index in [1.807, 2.05) is 39.9 Å². The van der Waals surface area contributed by atoms with Crippen LogP contribution in [0.15, 0.2) is 36.8 Å². The Hall–Kier alpha value is -3.08. The molecule has 3 heterocycles. The van der Waals surface area contributed by atoms with Gasteiger partial charge in [0.25, 0.3) is 0 Å². The van der Waals surface area contributed by atoms with E-state index in [1.165, 1.54) is 19.2 Å². The summed E-state index contributed by atoms with van der Waals surface area (Å²) in [5.41, 5.74) is 2.46. The molecule has 10 nitrogen and oxygen atoms in total. The van der Waals surface area contributed by atoms with Crippen molar-refractivity contribution in [3.63, 3.8) is 0 Å². The molecule has 2 fully saturated rings. The van der Waals surface area contributed by atoms with Crippen LogP contribution in [0, 0.1) is 0 Å². The molecule has 38 heavy (non-hydrogen) atoms. The van der Waals surface area contributed by atoms with Gasteiger partial charge in [-0.25, -0.2) is 14.8 Å². The van der Waals surface area contributed by atoms with Gasteiger partial charge in [-0.3, -0.25) is 0 Å². The Labute approximate surface area is 227 Å². The molecule has 2 amide bonds. The monoisotopic (exact) mass is 542 g/mol. The first-order valence-corrected chi connectivity index (χ1v) is 13.8. The van der Waals surface area contributed by atoms with E-state index in [0.717, 1.165) is 42.4 Å². The number of benzene rings is 1. The van der Waals surface area contributed by atoms with E-state index >= 15 is 0 Å². The van der Waals surface area contributed by atoms with Crippen LogP contribution in [0.3, 0.4) is 0 Å². The maximum absolute atomic E-state index is 12.5. The van der Waals surface area contributed by atoms with Crippen molar-refractivity contribution in [2.24, 2.45) is 0 Å². The largest absolute Gasteiger partial charge is 0.489 e. The summed E-state index contributed by atoms with van der Waals surface area (Å²) in [7, 11) is 0. The molecule has 204 valence electrons. The molecule has 2 aromatic heterocycles. The van der Waals surface area contributed by atoms with E-state index in [2.05, 4.69) is 20.6 Å². The maximum atomic E-state index is 12.5. The van der Waals surface area contributed by atoms with Crippen molar-refractivity contribution in [1.29, 1.82) is 0 Å². The quantitative estimate of drug-likeness (QED) is 0.327. The number of likely N-dealkylation sites (tertiary alicyclic amines) is 1. The summed E-state index contributed by atoms with van der Waals surface area (Å²) in [6.45, 7) is 2.74. The molecule has 1 saturated carbocycles. The summed E-state index contributed by atoms with van der Waals surface area (Å²) < 4.78 is 13.6. The first-order valence-electron chi connectivity index (χ1n) is 13.4. The van der Waals surface area contributed by atoms with Crippen molar-refractivity contribution in [3.05, 3.63) is 41.8 Å². The first-order chi connectivity index (χ1) is 18.6. The highest BCUT2D eigenvalue weighted by Gasteiger charge is 2.26. The van der Waals surface area contributed by atoms with Gasteiger partial charge in [0.2, 0.25) is 0 Å². The van der Waals surface area contributed by atoms with Gasteiger partial charge in [-0.2, -0.15) is 0 Å². The number of ether oxygens (including phenoxy) is 2. The van der Waals surface area contributed by atoms with Crippen molar-refractivity contribution in [1.82, 2.24) is 24.8 Å². The van der Waals surface area contributed by atoms with E-state index < -0.39 is 0 Å². The summed E-state index contributed by atoms with van der Waals surface area (Å²) in [4.78, 5) is 23.2. The minimum absolute atomic E-state index is 0.000458. The van der Waals surface area contributed by atoms with E-state index in [1.54, 1.807) is 0 Å². The highest BCUT2D eigenvalue weighted by Crippen LogP contribution is 2.32. The molecule has 1 aliphatic carbocycles. The molecule has 5 rings (SSSR count). The molecule has 1 saturated heterocycles. The Bertz CT molecular complexity index is 1220. The minimum atomic E-state index is -0.000458. The molecule has 0 radical (unpaired) electrons. The molecule has 11 heteroatoms. The standard InChI is InChI=1S/C27H35ClN6O4/c28-22-17-20(31-26-25-23(29-18-30-26)9-12-33(25)13-15-37-16-14-35)5-6-24(22)38-21-7-10-34(11-8-21)27(36)32-19-3-1-2-4-19/h5-6,9,12,17-19,21,35H,1-4,7-8,10-11,13-16H2,(H,32,36)(H,29,30,31). The van der Waals surface area contributed by atoms with Crippen LogP contribution < -0.4 is 15.4 Å². The molecule has 1 aromatic carbocycles. The highest BCUT2D eigenvalue weighted by atomic mass is 35.5. The number of fused-ring (bicyclic) bond motifs is 1. The number of nitrogens with zero attached hydrogens (tertiary/aromatic N) is 4. The summed E-state index contributed by atoms with van der Waals surface area (Å²) in [5, 5.41) is 15.9. The van der Waals surface area contributed by atoms with Gasteiger partial charge < -0.3 is 34.7 Å². The number of nitrogens with one attached hydrogen (secondary N) is 2. The number of carbonyl (C=O) groups is 1. The van der Waals surface area contributed by atoms with Gasteiger partial charge in [-0.1, -0.05) is 24.4 Å². The summed E-state index contributed by atoms with van der Waals surface area (Å²) in [6, 6.07) is 7.91. The highest BCUT2D eigenvalue weighted by molar-refractivity contribution is 6.32. The van der Waals surface area contributed by atoms with Crippen LogP contribution in [-0.4, -0.2) is 75.6 Å². The second-order valence-electron chi connectivity index (χ2n) is 9.81. The Kier molecular flexibility index (Phi) is 8.83. The zero-order valence-electron chi connectivity index (χ0n) is 21.4. The number of aromatic nitrogens is 3. The SMILES string of the molecule is O=C(NC1CCCC1)N1CCC(Oc2ccc(Nc3ncnc4ccn(CCOCCO)c34)cc2Cl)CC1. The zero-order valence-corrected chi connectivity index (χ0v) is 22.2. The number of hydrogen-bond acceptors (Lipinski definition) is 7. The molecular weight excluding hydrogens is 508 g/mol. The second-order valence-corrected chi connectivity index (χ2v) is 10.2. The van der Waals surface area contributed by atoms with E-state index in [4.69, 9.17) is 26.2 Å². The number of anilines is 2. The maximum Gasteiger partial charge on any atom is 0.317 e. The summed E-state index contributed by atoms with van der Waals surface area (Å²) >= 11 is 6.60. The molecule has 0 bridgehead atoms. The molecule has 0 atom stereocenters. The Morgan fingerprint density at radius 1 is 1.11 bits per heavy atom. The Morgan fingerprint density at radius 2 is 1.92 bits per heavy atom. The van der Waals surface area contributed by atoms with E-state index in [-0.39, 0.29) is 18.7 Å². The topological polar surface area (TPSA) is 114 Å². The van der Waals surface area contributed by atoms with Gasteiger partial charge in [-0.15, -0.1) is 0 Å². The Morgan fingerprint density at radius 3 is 2.68 bits per heavy atom. The fraction of sp³-hybridized carbons (Fsp3) is 0.519. The predicted molar refractivity (Wildman–Crippen MR) is 146 cm³/mol. The van der Waals surface area contributed by atoms with Gasteiger partial charge >= 0.3 is 6.03 Å². The fourth-order valence-electron chi connectivity index (χ4n) is 5.14. The number of piperidine rings is 1. The number of carbonyl (C=O) groups excluding carboxylic acids is 1. The van der Waals surface area contributed by atoms with E-state index in [9.17, 15) is 4.79 Å².